The summed E-state index contributed by atoms with van der Waals surface area (Å²) in [6.07, 6.45) is -3.23. The van der Waals surface area contributed by atoms with Gasteiger partial charge in [-0.1, -0.05) is 6.07 Å². The Balaban J connectivity index is 2.50. The highest BCUT2D eigenvalue weighted by molar-refractivity contribution is 6.02. The number of fused-ring (bicyclic) bond motifs is 1. The van der Waals surface area contributed by atoms with Crippen LogP contribution in [0.15, 0.2) is 18.3 Å². The number of nitrogens with zero attached hydrogens (tertiary/aromatic N) is 1. The zero-order valence-corrected chi connectivity index (χ0v) is 6.80. The molecule has 0 spiro atoms. The van der Waals surface area contributed by atoms with Gasteiger partial charge in [0.2, 0.25) is 5.91 Å². The second-order valence-electron chi connectivity index (χ2n) is 2.91. The van der Waals surface area contributed by atoms with E-state index in [0.29, 0.717) is 0 Å². The van der Waals surface area contributed by atoms with E-state index in [1.165, 1.54) is 18.3 Å². The van der Waals surface area contributed by atoms with Crippen LogP contribution in [0.25, 0.3) is 0 Å². The van der Waals surface area contributed by atoms with Crippen molar-refractivity contribution >= 4 is 11.7 Å². The number of carbonyl (C=O) groups excluding carboxylic acids is 1. The molecular formula is C8H5F3N2O. The van der Waals surface area contributed by atoms with Crippen LogP contribution in [-0.2, 0) is 4.79 Å². The van der Waals surface area contributed by atoms with Crippen molar-refractivity contribution in [1.29, 1.82) is 0 Å². The molecule has 0 saturated heterocycles. The lowest BCUT2D eigenvalue weighted by Crippen LogP contribution is -2.27. The normalized spacial score (nSPS) is 20.5. The fraction of sp³-hybridized carbons (Fsp3) is 0.250. The number of rotatable bonds is 0. The monoisotopic (exact) mass is 202 g/mol. The highest BCUT2D eigenvalue weighted by atomic mass is 19.4. The number of amides is 1. The molecule has 1 amide bonds. The molecule has 1 unspecified atom stereocenters. The lowest BCUT2D eigenvalue weighted by Gasteiger charge is -2.11. The number of carbonyl (C=O) groups is 1. The third kappa shape index (κ3) is 1.23. The highest BCUT2D eigenvalue weighted by Crippen LogP contribution is 2.41. The standard InChI is InChI=1S/C8H5F3N2O/c9-8(10,11)5-4-2-1-3-12-6(4)13-7(5)14/h1-3,5H,(H,12,13,14). The van der Waals surface area contributed by atoms with E-state index in [0.717, 1.165) is 0 Å². The first kappa shape index (κ1) is 8.98. The molecule has 3 nitrogen and oxygen atoms in total. The summed E-state index contributed by atoms with van der Waals surface area (Å²) in [6, 6.07) is 2.62. The van der Waals surface area contributed by atoms with E-state index in [1.807, 2.05) is 0 Å². The second kappa shape index (κ2) is 2.70. The van der Waals surface area contributed by atoms with Crippen LogP contribution >= 0.6 is 0 Å². The van der Waals surface area contributed by atoms with Gasteiger partial charge in [-0.25, -0.2) is 4.98 Å². The molecule has 1 aromatic rings. The van der Waals surface area contributed by atoms with Crippen LogP contribution in [0.3, 0.4) is 0 Å². The molecule has 1 aliphatic heterocycles. The summed E-state index contributed by atoms with van der Waals surface area (Å²) < 4.78 is 37.2. The molecule has 1 atom stereocenters. The zero-order valence-electron chi connectivity index (χ0n) is 6.80. The van der Waals surface area contributed by atoms with Crippen molar-refractivity contribution in [2.75, 3.05) is 5.32 Å². The predicted octanol–water partition coefficient (Wildman–Crippen LogP) is 1.68. The minimum Gasteiger partial charge on any atom is -0.310 e. The summed E-state index contributed by atoms with van der Waals surface area (Å²) in [5.74, 6) is -3.14. The highest BCUT2D eigenvalue weighted by Gasteiger charge is 2.50. The number of halogens is 3. The van der Waals surface area contributed by atoms with Crippen molar-refractivity contribution in [2.24, 2.45) is 0 Å². The maximum atomic E-state index is 12.4. The van der Waals surface area contributed by atoms with Gasteiger partial charge in [-0.05, 0) is 6.07 Å². The number of nitrogens with one attached hydrogen (secondary N) is 1. The Morgan fingerprint density at radius 1 is 1.43 bits per heavy atom. The Morgan fingerprint density at radius 2 is 2.14 bits per heavy atom. The van der Waals surface area contributed by atoms with Gasteiger partial charge in [0.1, 0.15) is 5.82 Å². The third-order valence-electron chi connectivity index (χ3n) is 1.98. The zero-order chi connectivity index (χ0) is 10.3. The van der Waals surface area contributed by atoms with Gasteiger partial charge >= 0.3 is 6.18 Å². The molecular weight excluding hydrogens is 197 g/mol. The van der Waals surface area contributed by atoms with Gasteiger partial charge in [0.05, 0.1) is 0 Å². The summed E-state index contributed by atoms with van der Waals surface area (Å²) in [7, 11) is 0. The first-order valence-corrected chi connectivity index (χ1v) is 3.82. The minimum absolute atomic E-state index is 0.000162. The number of aromatic nitrogens is 1. The predicted molar refractivity (Wildman–Crippen MR) is 41.7 cm³/mol. The summed E-state index contributed by atoms with van der Waals surface area (Å²) >= 11 is 0. The maximum Gasteiger partial charge on any atom is 0.404 e. The van der Waals surface area contributed by atoms with Crippen molar-refractivity contribution in [3.63, 3.8) is 0 Å². The molecule has 0 bridgehead atoms. The van der Waals surface area contributed by atoms with Gasteiger partial charge in [0, 0.05) is 11.8 Å². The van der Waals surface area contributed by atoms with Crippen LogP contribution < -0.4 is 5.32 Å². The van der Waals surface area contributed by atoms with E-state index in [4.69, 9.17) is 0 Å². The van der Waals surface area contributed by atoms with Crippen LogP contribution in [0.1, 0.15) is 11.5 Å². The smallest absolute Gasteiger partial charge is 0.310 e. The topological polar surface area (TPSA) is 42.0 Å². The first-order chi connectivity index (χ1) is 6.50. The molecule has 6 heteroatoms. The first-order valence-electron chi connectivity index (χ1n) is 3.82. The number of hydrogen-bond donors (Lipinski definition) is 1. The fourth-order valence-corrected chi connectivity index (χ4v) is 1.41. The SMILES string of the molecule is O=C1Nc2ncccc2C1C(F)(F)F. The van der Waals surface area contributed by atoms with Crippen molar-refractivity contribution in [2.45, 2.75) is 12.1 Å². The van der Waals surface area contributed by atoms with Gasteiger partial charge in [-0.15, -0.1) is 0 Å². The number of anilines is 1. The second-order valence-corrected chi connectivity index (χ2v) is 2.91. The van der Waals surface area contributed by atoms with Crippen molar-refractivity contribution in [1.82, 2.24) is 4.98 Å². The number of alkyl halides is 3. The minimum atomic E-state index is -4.56. The Labute approximate surface area is 76.9 Å². The average molecular weight is 202 g/mol. The van der Waals surface area contributed by atoms with E-state index < -0.39 is 18.0 Å². The third-order valence-corrected chi connectivity index (χ3v) is 1.98. The van der Waals surface area contributed by atoms with Gasteiger partial charge in [-0.2, -0.15) is 13.2 Å². The molecule has 2 heterocycles. The summed E-state index contributed by atoms with van der Waals surface area (Å²) in [6.45, 7) is 0. The van der Waals surface area contributed by atoms with Crippen molar-refractivity contribution in [3.05, 3.63) is 23.9 Å². The molecule has 0 aromatic carbocycles. The van der Waals surface area contributed by atoms with E-state index in [9.17, 15) is 18.0 Å². The van der Waals surface area contributed by atoms with Gasteiger partial charge < -0.3 is 5.32 Å². The Hall–Kier alpha value is -1.59. The molecule has 14 heavy (non-hydrogen) atoms. The summed E-state index contributed by atoms with van der Waals surface area (Å²) in [5, 5.41) is 2.08. The largest absolute Gasteiger partial charge is 0.404 e. The van der Waals surface area contributed by atoms with Crippen LogP contribution in [0, 0.1) is 0 Å². The van der Waals surface area contributed by atoms with E-state index in [1.54, 1.807) is 0 Å². The van der Waals surface area contributed by atoms with E-state index in [2.05, 4.69) is 10.3 Å². The van der Waals surface area contributed by atoms with Gasteiger partial charge in [0.25, 0.3) is 0 Å². The van der Waals surface area contributed by atoms with Crippen molar-refractivity contribution in [3.8, 4) is 0 Å². The Morgan fingerprint density at radius 3 is 2.79 bits per heavy atom. The van der Waals surface area contributed by atoms with Crippen LogP contribution in [0.5, 0.6) is 0 Å². The molecule has 1 aliphatic rings. The Kier molecular flexibility index (Phi) is 1.73. The quantitative estimate of drug-likeness (QED) is 0.695. The van der Waals surface area contributed by atoms with E-state index in [-0.39, 0.29) is 11.4 Å². The average Bonchev–Trinajstić information content (AvgIpc) is 2.38. The lowest BCUT2D eigenvalue weighted by atomic mass is 10.0. The van der Waals surface area contributed by atoms with Crippen LogP contribution in [0.2, 0.25) is 0 Å². The lowest BCUT2D eigenvalue weighted by molar-refractivity contribution is -0.160. The van der Waals surface area contributed by atoms with Crippen LogP contribution in [0.4, 0.5) is 19.0 Å². The number of pyridine rings is 1. The fourth-order valence-electron chi connectivity index (χ4n) is 1.41. The maximum absolute atomic E-state index is 12.4. The van der Waals surface area contributed by atoms with Crippen LogP contribution in [-0.4, -0.2) is 17.1 Å². The van der Waals surface area contributed by atoms with Gasteiger partial charge in [0.15, 0.2) is 5.92 Å². The molecule has 0 fully saturated rings. The molecule has 0 aliphatic carbocycles. The molecule has 0 saturated carbocycles. The summed E-state index contributed by atoms with van der Waals surface area (Å²) in [4.78, 5) is 14.6. The van der Waals surface area contributed by atoms with Gasteiger partial charge in [-0.3, -0.25) is 4.79 Å². The Bertz CT molecular complexity index is 388. The molecule has 74 valence electrons. The molecule has 0 radical (unpaired) electrons. The molecule has 2 rings (SSSR count). The van der Waals surface area contributed by atoms with Crippen molar-refractivity contribution < 1.29 is 18.0 Å². The van der Waals surface area contributed by atoms with E-state index >= 15 is 0 Å². The molecule has 1 N–H and O–H groups in total. The molecule has 1 aromatic heterocycles. The number of hydrogen-bond acceptors (Lipinski definition) is 2. The summed E-state index contributed by atoms with van der Waals surface area (Å²) in [5.41, 5.74) is -0.106.